The van der Waals surface area contributed by atoms with E-state index in [4.69, 9.17) is 4.52 Å². The molecule has 2 aromatic carbocycles. The Balaban J connectivity index is 1.64. The Hall–Kier alpha value is -2.73. The monoisotopic (exact) mass is 381 g/mol. The van der Waals surface area contributed by atoms with Crippen molar-refractivity contribution in [3.8, 4) is 0 Å². The van der Waals surface area contributed by atoms with Gasteiger partial charge in [-0.05, 0) is 42.5 Å². The van der Waals surface area contributed by atoms with Gasteiger partial charge in [0.25, 0.3) is 0 Å². The molecule has 0 spiro atoms. The van der Waals surface area contributed by atoms with Gasteiger partial charge in [-0.3, -0.25) is 4.79 Å². The normalized spacial score (nSPS) is 14.3. The lowest BCUT2D eigenvalue weighted by molar-refractivity contribution is 0.103. The molecule has 3 aromatic rings. The molecule has 1 aliphatic carbocycles. The highest BCUT2D eigenvalue weighted by atomic mass is 32.2. The number of sulfone groups is 1. The molecule has 0 saturated heterocycles. The summed E-state index contributed by atoms with van der Waals surface area (Å²) in [4.78, 5) is 13.2. The van der Waals surface area contributed by atoms with Crippen LogP contribution in [-0.2, 0) is 16.3 Å². The minimum atomic E-state index is -3.31. The van der Waals surface area contributed by atoms with Gasteiger partial charge in [0.1, 0.15) is 0 Å². The Morgan fingerprint density at radius 2 is 1.93 bits per heavy atom. The maximum atomic E-state index is 12.9. The molecule has 1 fully saturated rings. The lowest BCUT2D eigenvalue weighted by atomic mass is 9.98. The zero-order valence-electron chi connectivity index (χ0n) is 14.9. The molecular weight excluding hydrogens is 362 g/mol. The minimum absolute atomic E-state index is 0.114. The van der Waals surface area contributed by atoms with Crippen LogP contribution in [0.15, 0.2) is 64.1 Å². The molecule has 0 atom stereocenters. The first-order chi connectivity index (χ1) is 12.9. The second-order valence-electron chi connectivity index (χ2n) is 6.96. The second-order valence-corrected chi connectivity index (χ2v) is 8.95. The summed E-state index contributed by atoms with van der Waals surface area (Å²) >= 11 is 0. The van der Waals surface area contributed by atoms with Crippen molar-refractivity contribution in [1.82, 2.24) is 5.16 Å². The topological polar surface area (TPSA) is 77.2 Å². The third kappa shape index (κ3) is 3.71. The zero-order valence-corrected chi connectivity index (χ0v) is 15.7. The maximum absolute atomic E-state index is 12.9. The molecule has 0 bridgehead atoms. The average Bonchev–Trinajstić information content (AvgIpc) is 3.37. The van der Waals surface area contributed by atoms with Crippen LogP contribution in [0.25, 0.3) is 0 Å². The van der Waals surface area contributed by atoms with Crippen LogP contribution < -0.4 is 0 Å². The van der Waals surface area contributed by atoms with Crippen molar-refractivity contribution in [2.45, 2.75) is 30.1 Å². The van der Waals surface area contributed by atoms with E-state index in [0.29, 0.717) is 39.7 Å². The van der Waals surface area contributed by atoms with Crippen molar-refractivity contribution in [3.05, 3.63) is 82.7 Å². The van der Waals surface area contributed by atoms with Crippen LogP contribution in [-0.4, -0.2) is 25.6 Å². The van der Waals surface area contributed by atoms with E-state index in [2.05, 4.69) is 5.16 Å². The smallest absolute Gasteiger partial charge is 0.198 e. The quantitative estimate of drug-likeness (QED) is 0.607. The molecule has 1 heterocycles. The van der Waals surface area contributed by atoms with E-state index in [1.54, 1.807) is 24.3 Å². The third-order valence-electron chi connectivity index (χ3n) is 4.75. The summed E-state index contributed by atoms with van der Waals surface area (Å²) in [5, 5.41) is 3.80. The van der Waals surface area contributed by atoms with E-state index in [1.807, 2.05) is 24.3 Å². The van der Waals surface area contributed by atoms with Gasteiger partial charge in [-0.2, -0.15) is 0 Å². The molecule has 0 radical (unpaired) electrons. The van der Waals surface area contributed by atoms with Gasteiger partial charge in [-0.25, -0.2) is 8.42 Å². The first kappa shape index (κ1) is 17.7. The largest absolute Gasteiger partial charge is 0.360 e. The lowest BCUT2D eigenvalue weighted by Gasteiger charge is -2.09. The van der Waals surface area contributed by atoms with E-state index in [-0.39, 0.29) is 5.78 Å². The number of aromatic nitrogens is 1. The molecule has 1 aromatic heterocycles. The standard InChI is InChI=1S/C21H19NO4S/c1-27(24,25)19-8-3-2-6-16(19)11-14-5-4-7-17(12-14)20(23)18-13-22-26-21(18)15-9-10-15/h2-8,12-13,15H,9-11H2,1H3. The van der Waals surface area contributed by atoms with E-state index >= 15 is 0 Å². The summed E-state index contributed by atoms with van der Waals surface area (Å²) in [6.45, 7) is 0. The van der Waals surface area contributed by atoms with Crippen LogP contribution in [0.5, 0.6) is 0 Å². The molecule has 5 nitrogen and oxygen atoms in total. The van der Waals surface area contributed by atoms with E-state index in [1.165, 1.54) is 12.5 Å². The van der Waals surface area contributed by atoms with E-state index in [9.17, 15) is 13.2 Å². The summed E-state index contributed by atoms with van der Waals surface area (Å²) in [7, 11) is -3.31. The van der Waals surface area contributed by atoms with Gasteiger partial charge in [-0.1, -0.05) is 41.6 Å². The Labute approximate surface area is 157 Å². The van der Waals surface area contributed by atoms with Crippen molar-refractivity contribution in [3.63, 3.8) is 0 Å². The molecule has 27 heavy (non-hydrogen) atoms. The van der Waals surface area contributed by atoms with Crippen LogP contribution in [0, 0.1) is 0 Å². The number of ketones is 1. The highest BCUT2D eigenvalue weighted by Gasteiger charge is 2.32. The van der Waals surface area contributed by atoms with Crippen LogP contribution in [0.3, 0.4) is 0 Å². The highest BCUT2D eigenvalue weighted by Crippen LogP contribution is 2.42. The maximum Gasteiger partial charge on any atom is 0.198 e. The Bertz CT molecular complexity index is 1110. The second kappa shape index (κ2) is 6.78. The summed E-state index contributed by atoms with van der Waals surface area (Å²) in [5.41, 5.74) is 2.66. The van der Waals surface area contributed by atoms with Crippen molar-refractivity contribution >= 4 is 15.6 Å². The molecule has 0 unspecified atom stereocenters. The number of rotatable bonds is 6. The highest BCUT2D eigenvalue weighted by molar-refractivity contribution is 7.90. The summed E-state index contributed by atoms with van der Waals surface area (Å²) in [6, 6.07) is 14.2. The molecule has 0 amide bonds. The van der Waals surface area contributed by atoms with Crippen molar-refractivity contribution in [2.24, 2.45) is 0 Å². The fourth-order valence-corrected chi connectivity index (χ4v) is 4.21. The van der Waals surface area contributed by atoms with Crippen molar-refractivity contribution in [1.29, 1.82) is 0 Å². The Morgan fingerprint density at radius 1 is 1.15 bits per heavy atom. The van der Waals surface area contributed by atoms with Gasteiger partial charge in [-0.15, -0.1) is 0 Å². The number of carbonyl (C=O) groups is 1. The first-order valence-corrected chi connectivity index (χ1v) is 10.7. The van der Waals surface area contributed by atoms with Crippen LogP contribution in [0.2, 0.25) is 0 Å². The molecule has 0 N–H and O–H groups in total. The minimum Gasteiger partial charge on any atom is -0.360 e. The van der Waals surface area contributed by atoms with Crippen LogP contribution >= 0.6 is 0 Å². The SMILES string of the molecule is CS(=O)(=O)c1ccccc1Cc1cccc(C(=O)c2cnoc2C2CC2)c1. The van der Waals surface area contributed by atoms with Crippen molar-refractivity contribution in [2.75, 3.05) is 6.26 Å². The first-order valence-electron chi connectivity index (χ1n) is 8.79. The van der Waals surface area contributed by atoms with Gasteiger partial charge in [0.2, 0.25) is 0 Å². The van der Waals surface area contributed by atoms with E-state index < -0.39 is 9.84 Å². The van der Waals surface area contributed by atoms with Gasteiger partial charge in [0, 0.05) is 17.7 Å². The van der Waals surface area contributed by atoms with Gasteiger partial charge in [0.15, 0.2) is 21.4 Å². The zero-order chi connectivity index (χ0) is 19.0. The van der Waals surface area contributed by atoms with Gasteiger partial charge < -0.3 is 4.52 Å². The number of carbonyl (C=O) groups excluding carboxylic acids is 1. The summed E-state index contributed by atoms with van der Waals surface area (Å²) in [6.07, 6.45) is 5.18. The van der Waals surface area contributed by atoms with Crippen LogP contribution in [0.4, 0.5) is 0 Å². The molecule has 1 saturated carbocycles. The van der Waals surface area contributed by atoms with Gasteiger partial charge in [0.05, 0.1) is 16.7 Å². The number of hydrogen-bond donors (Lipinski definition) is 0. The Morgan fingerprint density at radius 3 is 2.67 bits per heavy atom. The average molecular weight is 381 g/mol. The fraction of sp³-hybridized carbons (Fsp3) is 0.238. The number of benzene rings is 2. The molecule has 1 aliphatic rings. The predicted molar refractivity (Wildman–Crippen MR) is 101 cm³/mol. The molecular formula is C21H19NO4S. The lowest BCUT2D eigenvalue weighted by Crippen LogP contribution is -2.05. The van der Waals surface area contributed by atoms with Gasteiger partial charge >= 0.3 is 0 Å². The third-order valence-corrected chi connectivity index (χ3v) is 5.94. The molecule has 138 valence electrons. The Kier molecular flexibility index (Phi) is 4.44. The summed E-state index contributed by atoms with van der Waals surface area (Å²) < 4.78 is 29.3. The summed E-state index contributed by atoms with van der Waals surface area (Å²) in [5.74, 6) is 0.862. The van der Waals surface area contributed by atoms with Crippen LogP contribution in [0.1, 0.15) is 51.6 Å². The molecule has 6 heteroatoms. The number of nitrogens with zero attached hydrogens (tertiary/aromatic N) is 1. The fourth-order valence-electron chi connectivity index (χ4n) is 3.27. The van der Waals surface area contributed by atoms with Crippen molar-refractivity contribution < 1.29 is 17.7 Å². The predicted octanol–water partition coefficient (Wildman–Crippen LogP) is 3.78. The van der Waals surface area contributed by atoms with E-state index in [0.717, 1.165) is 18.4 Å². The molecule has 4 rings (SSSR count). The molecule has 0 aliphatic heterocycles. The number of hydrogen-bond acceptors (Lipinski definition) is 5.